The molecule has 134 valence electrons. The predicted molar refractivity (Wildman–Crippen MR) is 104 cm³/mol. The van der Waals surface area contributed by atoms with Crippen LogP contribution in [0.4, 0.5) is 0 Å². The highest BCUT2D eigenvalue weighted by Crippen LogP contribution is 2.24. The largest absolute Gasteiger partial charge is 0.328 e. The number of rotatable bonds is 4. The van der Waals surface area contributed by atoms with Gasteiger partial charge in [-0.25, -0.2) is 4.68 Å². The Morgan fingerprint density at radius 2 is 1.58 bits per heavy atom. The number of likely N-dealkylation sites (N-methyl/N-ethyl adjacent to an activating group) is 1. The maximum absolute atomic E-state index is 12.9. The monoisotopic (exact) mass is 350 g/mol. The Bertz CT molecular complexity index is 943. The lowest BCUT2D eigenvalue weighted by atomic mass is 10.1. The van der Waals surface area contributed by atoms with E-state index in [2.05, 4.69) is 19.2 Å². The summed E-state index contributed by atoms with van der Waals surface area (Å²) in [5.41, 5.74) is 1.95. The lowest BCUT2D eigenvalue weighted by Crippen LogP contribution is -3.27. The Morgan fingerprint density at radius 1 is 0.923 bits per heavy atom. The van der Waals surface area contributed by atoms with Gasteiger partial charge in [-0.3, -0.25) is 4.79 Å². The molecule has 2 heterocycles. The molecule has 3 aromatic rings. The van der Waals surface area contributed by atoms with Gasteiger partial charge in [0.25, 0.3) is 5.56 Å². The van der Waals surface area contributed by atoms with Gasteiger partial charge >= 0.3 is 0 Å². The Kier molecular flexibility index (Phi) is 4.82. The van der Waals surface area contributed by atoms with E-state index in [1.54, 1.807) is 14.5 Å². The maximum Gasteiger partial charge on any atom is 0.274 e. The third-order valence-electron chi connectivity index (χ3n) is 5.40. The van der Waals surface area contributed by atoms with Crippen LogP contribution in [0.15, 0.2) is 59.4 Å². The van der Waals surface area contributed by atoms with Crippen LogP contribution in [0.5, 0.6) is 0 Å². The second-order valence-corrected chi connectivity index (χ2v) is 7.25. The number of nitrogens with one attached hydrogen (secondary N) is 2. The topological polar surface area (TPSA) is 43.8 Å². The smallest absolute Gasteiger partial charge is 0.274 e. The van der Waals surface area contributed by atoms with Crippen LogP contribution in [0.3, 0.4) is 0 Å². The van der Waals surface area contributed by atoms with Crippen molar-refractivity contribution in [1.29, 1.82) is 0 Å². The normalized spacial score (nSPS) is 20.3. The summed E-state index contributed by atoms with van der Waals surface area (Å²) in [4.78, 5) is 16.1. The van der Waals surface area contributed by atoms with Gasteiger partial charge in [0.2, 0.25) is 0 Å². The van der Waals surface area contributed by atoms with E-state index in [9.17, 15) is 4.79 Å². The highest BCUT2D eigenvalue weighted by Gasteiger charge is 2.20. The van der Waals surface area contributed by atoms with Crippen molar-refractivity contribution in [3.8, 4) is 11.3 Å². The fourth-order valence-electron chi connectivity index (χ4n) is 3.74. The van der Waals surface area contributed by atoms with E-state index < -0.39 is 0 Å². The van der Waals surface area contributed by atoms with E-state index in [1.165, 1.54) is 26.2 Å². The van der Waals surface area contributed by atoms with Crippen molar-refractivity contribution < 1.29 is 9.80 Å². The average Bonchev–Trinajstić information content (AvgIpc) is 2.69. The SMILES string of the molecule is C[NH+]1CC[NH+](CCn2nc(-c3ccccc3)c3ccccc3c2=O)CC1. The van der Waals surface area contributed by atoms with Gasteiger partial charge in [0, 0.05) is 10.9 Å². The average molecular weight is 350 g/mol. The molecule has 0 spiro atoms. The molecule has 0 radical (unpaired) electrons. The Balaban J connectivity index is 1.69. The summed E-state index contributed by atoms with van der Waals surface area (Å²) in [7, 11) is 2.25. The molecule has 0 aliphatic carbocycles. The molecule has 1 aliphatic heterocycles. The summed E-state index contributed by atoms with van der Waals surface area (Å²) in [5.74, 6) is 0. The number of fused-ring (bicyclic) bond motifs is 1. The number of hydrogen-bond donors (Lipinski definition) is 2. The molecule has 1 aliphatic rings. The molecular formula is C21H26N4O+2. The van der Waals surface area contributed by atoms with Gasteiger partial charge in [-0.1, -0.05) is 48.5 Å². The molecule has 0 bridgehead atoms. The van der Waals surface area contributed by atoms with Gasteiger partial charge < -0.3 is 9.80 Å². The van der Waals surface area contributed by atoms with Gasteiger partial charge in [0.05, 0.1) is 31.2 Å². The molecule has 0 amide bonds. The number of nitrogens with zero attached hydrogens (tertiary/aromatic N) is 2. The number of aromatic nitrogens is 2. The van der Waals surface area contributed by atoms with E-state index in [-0.39, 0.29) is 5.56 Å². The summed E-state index contributed by atoms with van der Waals surface area (Å²) < 4.78 is 1.67. The maximum atomic E-state index is 12.9. The van der Waals surface area contributed by atoms with Gasteiger partial charge in [-0.05, 0) is 6.07 Å². The van der Waals surface area contributed by atoms with Crippen LogP contribution in [-0.4, -0.2) is 49.6 Å². The zero-order chi connectivity index (χ0) is 17.9. The second-order valence-electron chi connectivity index (χ2n) is 7.25. The zero-order valence-electron chi connectivity index (χ0n) is 15.2. The highest BCUT2D eigenvalue weighted by atomic mass is 16.1. The first-order chi connectivity index (χ1) is 12.7. The molecule has 0 atom stereocenters. The zero-order valence-corrected chi connectivity index (χ0v) is 15.2. The minimum atomic E-state index is 0.0134. The molecule has 1 fully saturated rings. The Morgan fingerprint density at radius 3 is 2.31 bits per heavy atom. The lowest BCUT2D eigenvalue weighted by Gasteiger charge is -2.27. The van der Waals surface area contributed by atoms with Gasteiger partial charge in [0.1, 0.15) is 26.2 Å². The van der Waals surface area contributed by atoms with E-state index in [4.69, 9.17) is 5.10 Å². The summed E-state index contributed by atoms with van der Waals surface area (Å²) in [6.07, 6.45) is 0. The molecule has 0 saturated carbocycles. The third kappa shape index (κ3) is 3.41. The minimum absolute atomic E-state index is 0.0134. The lowest BCUT2D eigenvalue weighted by molar-refractivity contribution is -1.00. The molecule has 5 heteroatoms. The van der Waals surface area contributed by atoms with Crippen molar-refractivity contribution in [3.63, 3.8) is 0 Å². The molecule has 4 rings (SSSR count). The number of hydrogen-bond acceptors (Lipinski definition) is 2. The van der Waals surface area contributed by atoms with Gasteiger partial charge in [-0.2, -0.15) is 5.10 Å². The van der Waals surface area contributed by atoms with Crippen LogP contribution >= 0.6 is 0 Å². The van der Waals surface area contributed by atoms with Crippen LogP contribution in [0.25, 0.3) is 22.0 Å². The van der Waals surface area contributed by atoms with E-state index >= 15 is 0 Å². The van der Waals surface area contributed by atoms with Crippen molar-refractivity contribution in [1.82, 2.24) is 9.78 Å². The van der Waals surface area contributed by atoms with Crippen molar-refractivity contribution in [2.45, 2.75) is 6.54 Å². The predicted octanol–water partition coefficient (Wildman–Crippen LogP) is -0.523. The minimum Gasteiger partial charge on any atom is -0.328 e. The fourth-order valence-corrected chi connectivity index (χ4v) is 3.74. The van der Waals surface area contributed by atoms with Crippen molar-refractivity contribution in [2.75, 3.05) is 39.8 Å². The molecule has 1 aromatic heterocycles. The van der Waals surface area contributed by atoms with E-state index in [1.807, 2.05) is 42.5 Å². The first kappa shape index (κ1) is 16.9. The molecule has 1 saturated heterocycles. The molecule has 2 aromatic carbocycles. The number of benzene rings is 2. The van der Waals surface area contributed by atoms with E-state index in [0.717, 1.165) is 28.6 Å². The molecule has 2 N–H and O–H groups in total. The molecule has 5 nitrogen and oxygen atoms in total. The Hall–Kier alpha value is -2.50. The summed E-state index contributed by atoms with van der Waals surface area (Å²) in [5, 5.41) is 6.43. The first-order valence-corrected chi connectivity index (χ1v) is 9.42. The van der Waals surface area contributed by atoms with Crippen molar-refractivity contribution >= 4 is 10.8 Å². The standard InChI is InChI=1S/C21H24N4O/c1-23-11-13-24(14-12-23)15-16-25-21(26)19-10-6-5-9-18(19)20(22-25)17-7-3-2-4-8-17/h2-10H,11-16H2,1H3/p+2. The van der Waals surface area contributed by atoms with Crippen LogP contribution in [0.2, 0.25) is 0 Å². The van der Waals surface area contributed by atoms with Crippen LogP contribution in [0.1, 0.15) is 0 Å². The van der Waals surface area contributed by atoms with Crippen LogP contribution < -0.4 is 15.4 Å². The molecule has 26 heavy (non-hydrogen) atoms. The van der Waals surface area contributed by atoms with Crippen molar-refractivity contribution in [3.05, 3.63) is 65.0 Å². The van der Waals surface area contributed by atoms with Crippen LogP contribution in [-0.2, 0) is 6.54 Å². The molecule has 0 unspecified atom stereocenters. The quantitative estimate of drug-likeness (QED) is 0.665. The van der Waals surface area contributed by atoms with E-state index in [0.29, 0.717) is 6.54 Å². The van der Waals surface area contributed by atoms with Crippen LogP contribution in [0, 0.1) is 0 Å². The summed E-state index contributed by atoms with van der Waals surface area (Å²) in [6.45, 7) is 6.35. The highest BCUT2D eigenvalue weighted by molar-refractivity contribution is 5.93. The Labute approximate surface area is 153 Å². The third-order valence-corrected chi connectivity index (χ3v) is 5.40. The number of quaternary nitrogens is 2. The first-order valence-electron chi connectivity index (χ1n) is 9.42. The fraction of sp³-hybridized carbons (Fsp3) is 0.333. The van der Waals surface area contributed by atoms with Gasteiger partial charge in [-0.15, -0.1) is 0 Å². The molecular weight excluding hydrogens is 324 g/mol. The number of piperazine rings is 1. The summed E-state index contributed by atoms with van der Waals surface area (Å²) >= 11 is 0. The second kappa shape index (κ2) is 7.40. The van der Waals surface area contributed by atoms with Gasteiger partial charge in [0.15, 0.2) is 0 Å². The van der Waals surface area contributed by atoms with Crippen molar-refractivity contribution in [2.24, 2.45) is 0 Å². The summed E-state index contributed by atoms with van der Waals surface area (Å²) in [6, 6.07) is 17.9.